The number of amides is 1. The lowest BCUT2D eigenvalue weighted by Crippen LogP contribution is -2.38. The summed E-state index contributed by atoms with van der Waals surface area (Å²) in [6, 6.07) is 11.1. The normalized spacial score (nSPS) is 15.3. The molecular formula is C21H23N5O3. The van der Waals surface area contributed by atoms with Crippen LogP contribution in [0.3, 0.4) is 0 Å². The second-order valence-corrected chi connectivity index (χ2v) is 7.29. The summed E-state index contributed by atoms with van der Waals surface area (Å²) >= 11 is 0. The van der Waals surface area contributed by atoms with Gasteiger partial charge in [0.05, 0.1) is 6.54 Å². The fourth-order valence-electron chi connectivity index (χ4n) is 3.40. The van der Waals surface area contributed by atoms with Crippen LogP contribution in [0.1, 0.15) is 24.2 Å². The lowest BCUT2D eigenvalue weighted by atomic mass is 9.96. The number of nitrogens with one attached hydrogen (secondary N) is 1. The fraction of sp³-hybridized carbons (Fsp3) is 0.333. The summed E-state index contributed by atoms with van der Waals surface area (Å²) in [5.41, 5.74) is 2.08. The molecule has 0 atom stereocenters. The maximum absolute atomic E-state index is 12.4. The number of aromatic nitrogens is 3. The van der Waals surface area contributed by atoms with E-state index in [1.54, 1.807) is 6.07 Å². The van der Waals surface area contributed by atoms with Crippen molar-refractivity contribution in [1.82, 2.24) is 20.0 Å². The molecule has 0 unspecified atom stereocenters. The van der Waals surface area contributed by atoms with Crippen LogP contribution < -0.4 is 5.32 Å². The number of aromatic hydroxyl groups is 1. The zero-order chi connectivity index (χ0) is 20.2. The minimum Gasteiger partial charge on any atom is -0.504 e. The molecule has 3 aromatic rings. The van der Waals surface area contributed by atoms with Gasteiger partial charge in [0.1, 0.15) is 0 Å². The molecule has 0 bridgehead atoms. The first-order chi connectivity index (χ1) is 14.1. The SMILES string of the molecule is Cc1ccc(-c2nc(CN3CCC(C(=O)Nc4ncccc4O)CC3)no2)cc1. The molecule has 8 nitrogen and oxygen atoms in total. The summed E-state index contributed by atoms with van der Waals surface area (Å²) in [4.78, 5) is 23.1. The van der Waals surface area contributed by atoms with Crippen molar-refractivity contribution in [3.05, 3.63) is 54.0 Å². The van der Waals surface area contributed by atoms with Crippen molar-refractivity contribution >= 4 is 11.7 Å². The van der Waals surface area contributed by atoms with Crippen molar-refractivity contribution in [3.63, 3.8) is 0 Å². The third kappa shape index (κ3) is 4.60. The second kappa shape index (κ2) is 8.40. The highest BCUT2D eigenvalue weighted by Gasteiger charge is 2.26. The summed E-state index contributed by atoms with van der Waals surface area (Å²) in [5, 5.41) is 16.6. The average molecular weight is 393 g/mol. The minimum absolute atomic E-state index is 0.0280. The third-order valence-electron chi connectivity index (χ3n) is 5.12. The van der Waals surface area contributed by atoms with Crippen LogP contribution in [-0.2, 0) is 11.3 Å². The van der Waals surface area contributed by atoms with E-state index < -0.39 is 0 Å². The highest BCUT2D eigenvalue weighted by Crippen LogP contribution is 2.24. The molecule has 8 heteroatoms. The zero-order valence-electron chi connectivity index (χ0n) is 16.2. The fourth-order valence-corrected chi connectivity index (χ4v) is 3.40. The van der Waals surface area contributed by atoms with Gasteiger partial charge in [0, 0.05) is 17.7 Å². The Morgan fingerprint density at radius 1 is 1.24 bits per heavy atom. The number of aryl methyl sites for hydroxylation is 1. The number of benzene rings is 1. The number of nitrogens with zero attached hydrogens (tertiary/aromatic N) is 4. The third-order valence-corrected chi connectivity index (χ3v) is 5.12. The second-order valence-electron chi connectivity index (χ2n) is 7.29. The molecule has 0 saturated carbocycles. The number of carbonyl (C=O) groups excluding carboxylic acids is 1. The molecule has 1 aliphatic rings. The summed E-state index contributed by atoms with van der Waals surface area (Å²) in [6.07, 6.45) is 2.98. The first-order valence-electron chi connectivity index (χ1n) is 9.65. The number of hydrogen-bond donors (Lipinski definition) is 2. The average Bonchev–Trinajstić information content (AvgIpc) is 3.19. The molecular weight excluding hydrogens is 370 g/mol. The van der Waals surface area contributed by atoms with Crippen LogP contribution in [0, 0.1) is 12.8 Å². The van der Waals surface area contributed by atoms with Crippen molar-refractivity contribution in [2.45, 2.75) is 26.3 Å². The highest BCUT2D eigenvalue weighted by atomic mass is 16.5. The number of piperidine rings is 1. The van der Waals surface area contributed by atoms with Gasteiger partial charge in [0.25, 0.3) is 5.89 Å². The predicted octanol–water partition coefficient (Wildman–Crippen LogP) is 3.00. The maximum atomic E-state index is 12.4. The van der Waals surface area contributed by atoms with Gasteiger partial charge in [-0.2, -0.15) is 4.98 Å². The van der Waals surface area contributed by atoms with Crippen LogP contribution in [0.25, 0.3) is 11.5 Å². The van der Waals surface area contributed by atoms with Crippen LogP contribution in [0.15, 0.2) is 47.1 Å². The molecule has 1 saturated heterocycles. The standard InChI is InChI=1S/C21H23N5O3/c1-14-4-6-16(7-5-14)21-23-18(25-29-21)13-26-11-8-15(9-12-26)20(28)24-19-17(27)3-2-10-22-19/h2-7,10,15,27H,8-9,11-13H2,1H3,(H,22,24,28). The Hall–Kier alpha value is -3.26. The van der Waals surface area contributed by atoms with Crippen molar-refractivity contribution in [2.24, 2.45) is 5.92 Å². The Morgan fingerprint density at radius 2 is 2.00 bits per heavy atom. The van der Waals surface area contributed by atoms with E-state index >= 15 is 0 Å². The van der Waals surface area contributed by atoms with Crippen LogP contribution in [0.2, 0.25) is 0 Å². The molecule has 1 amide bonds. The van der Waals surface area contributed by atoms with Gasteiger partial charge in [0.15, 0.2) is 17.4 Å². The lowest BCUT2D eigenvalue weighted by molar-refractivity contribution is -0.121. The van der Waals surface area contributed by atoms with Gasteiger partial charge < -0.3 is 14.9 Å². The monoisotopic (exact) mass is 393 g/mol. The quantitative estimate of drug-likeness (QED) is 0.686. The van der Waals surface area contributed by atoms with Gasteiger partial charge in [-0.1, -0.05) is 22.9 Å². The Balaban J connectivity index is 1.29. The van der Waals surface area contributed by atoms with Crippen LogP contribution in [0.4, 0.5) is 5.82 Å². The van der Waals surface area contributed by atoms with Gasteiger partial charge in [-0.05, 0) is 57.1 Å². The van der Waals surface area contributed by atoms with E-state index in [1.807, 2.05) is 31.2 Å². The molecule has 2 aromatic heterocycles. The van der Waals surface area contributed by atoms with Crippen LogP contribution >= 0.6 is 0 Å². The molecule has 0 spiro atoms. The Kier molecular flexibility index (Phi) is 5.53. The number of carbonyl (C=O) groups is 1. The molecule has 1 fully saturated rings. The molecule has 0 aliphatic carbocycles. The number of rotatable bonds is 5. The number of pyridine rings is 1. The van der Waals surface area contributed by atoms with E-state index in [2.05, 4.69) is 25.3 Å². The first kappa shape index (κ1) is 19.1. The predicted molar refractivity (Wildman–Crippen MR) is 107 cm³/mol. The van der Waals surface area contributed by atoms with Gasteiger partial charge in [-0.15, -0.1) is 0 Å². The summed E-state index contributed by atoms with van der Waals surface area (Å²) in [7, 11) is 0. The molecule has 2 N–H and O–H groups in total. The minimum atomic E-state index is -0.111. The van der Waals surface area contributed by atoms with Crippen molar-refractivity contribution in [3.8, 4) is 17.2 Å². The Bertz CT molecular complexity index is 978. The molecule has 150 valence electrons. The molecule has 0 radical (unpaired) electrons. The van der Waals surface area contributed by atoms with E-state index in [0.717, 1.165) is 31.5 Å². The van der Waals surface area contributed by atoms with Gasteiger partial charge in [-0.25, -0.2) is 4.98 Å². The smallest absolute Gasteiger partial charge is 0.257 e. The molecule has 1 aliphatic heterocycles. The Labute approximate surface area is 168 Å². The summed E-state index contributed by atoms with van der Waals surface area (Å²) in [5.74, 6) is 1.11. The summed E-state index contributed by atoms with van der Waals surface area (Å²) in [6.45, 7) is 4.15. The molecule has 1 aromatic carbocycles. The zero-order valence-corrected chi connectivity index (χ0v) is 16.2. The van der Waals surface area contributed by atoms with Gasteiger partial charge in [-0.3, -0.25) is 9.69 Å². The maximum Gasteiger partial charge on any atom is 0.257 e. The highest BCUT2D eigenvalue weighted by molar-refractivity contribution is 5.92. The van der Waals surface area contributed by atoms with Crippen molar-refractivity contribution in [2.75, 3.05) is 18.4 Å². The number of likely N-dealkylation sites (tertiary alicyclic amines) is 1. The van der Waals surface area contributed by atoms with E-state index in [-0.39, 0.29) is 23.4 Å². The summed E-state index contributed by atoms with van der Waals surface area (Å²) < 4.78 is 5.39. The van der Waals surface area contributed by atoms with Crippen LogP contribution in [-0.4, -0.2) is 44.1 Å². The van der Waals surface area contributed by atoms with Crippen molar-refractivity contribution < 1.29 is 14.4 Å². The van der Waals surface area contributed by atoms with E-state index in [0.29, 0.717) is 18.3 Å². The molecule has 4 rings (SSSR count). The van der Waals surface area contributed by atoms with Gasteiger partial charge in [0.2, 0.25) is 5.91 Å². The van der Waals surface area contributed by atoms with E-state index in [4.69, 9.17) is 4.52 Å². The van der Waals surface area contributed by atoms with Gasteiger partial charge >= 0.3 is 0 Å². The Morgan fingerprint density at radius 3 is 2.72 bits per heavy atom. The van der Waals surface area contributed by atoms with Crippen molar-refractivity contribution in [1.29, 1.82) is 0 Å². The van der Waals surface area contributed by atoms with E-state index in [1.165, 1.54) is 17.8 Å². The van der Waals surface area contributed by atoms with E-state index in [9.17, 15) is 9.90 Å². The molecule has 29 heavy (non-hydrogen) atoms. The van der Waals surface area contributed by atoms with Crippen LogP contribution in [0.5, 0.6) is 5.75 Å². The topological polar surface area (TPSA) is 104 Å². The lowest BCUT2D eigenvalue weighted by Gasteiger charge is -2.30. The molecule has 3 heterocycles. The first-order valence-corrected chi connectivity index (χ1v) is 9.65. The number of anilines is 1. The largest absolute Gasteiger partial charge is 0.504 e. The number of hydrogen-bond acceptors (Lipinski definition) is 7.